The Labute approximate surface area is 99.0 Å². The molecule has 0 bridgehead atoms. The second-order valence-electron chi connectivity index (χ2n) is 5.49. The van der Waals surface area contributed by atoms with E-state index in [1.807, 2.05) is 0 Å². The van der Waals surface area contributed by atoms with E-state index < -0.39 is 0 Å². The highest BCUT2D eigenvalue weighted by atomic mass is 32.2. The summed E-state index contributed by atoms with van der Waals surface area (Å²) in [5, 5.41) is 0.958. The number of hydrogen-bond acceptors (Lipinski definition) is 2. The molecule has 0 aromatic carbocycles. The molecule has 2 heteroatoms. The van der Waals surface area contributed by atoms with Crippen molar-refractivity contribution in [3.05, 3.63) is 0 Å². The number of hydrogen-bond donors (Lipinski definition) is 1. The lowest BCUT2D eigenvalue weighted by molar-refractivity contribution is 0.294. The van der Waals surface area contributed by atoms with Gasteiger partial charge in [-0.05, 0) is 35.7 Å². The van der Waals surface area contributed by atoms with Crippen LogP contribution in [0.3, 0.4) is 0 Å². The Morgan fingerprint density at radius 1 is 1.29 bits per heavy atom. The molecule has 1 rings (SSSR count). The quantitative estimate of drug-likeness (QED) is 0.707. The molecular weight excluding hydrogens is 208 g/mol. The standard InChI is InChI=1S/C12H24S2/c1-12(2,3)10(8-13)9-14-11-6-4-5-7-11/h10-11,13H,4-9H2,1-3H3. The maximum Gasteiger partial charge on any atom is 0.00471 e. The molecule has 1 aliphatic rings. The molecule has 0 N–H and O–H groups in total. The lowest BCUT2D eigenvalue weighted by Gasteiger charge is -2.30. The van der Waals surface area contributed by atoms with Crippen molar-refractivity contribution in [3.63, 3.8) is 0 Å². The summed E-state index contributed by atoms with van der Waals surface area (Å²) < 4.78 is 0. The van der Waals surface area contributed by atoms with Crippen LogP contribution < -0.4 is 0 Å². The highest BCUT2D eigenvalue weighted by Gasteiger charge is 2.25. The summed E-state index contributed by atoms with van der Waals surface area (Å²) in [6, 6.07) is 0. The van der Waals surface area contributed by atoms with Crippen LogP contribution in [-0.2, 0) is 0 Å². The van der Waals surface area contributed by atoms with Gasteiger partial charge in [0.05, 0.1) is 0 Å². The van der Waals surface area contributed by atoms with E-state index in [9.17, 15) is 0 Å². The second kappa shape index (κ2) is 5.69. The molecule has 1 aliphatic carbocycles. The van der Waals surface area contributed by atoms with Crippen LogP contribution in [0, 0.1) is 11.3 Å². The van der Waals surface area contributed by atoms with Crippen molar-refractivity contribution in [1.82, 2.24) is 0 Å². The fraction of sp³-hybridized carbons (Fsp3) is 1.00. The summed E-state index contributed by atoms with van der Waals surface area (Å²) >= 11 is 6.67. The second-order valence-corrected chi connectivity index (χ2v) is 7.18. The molecule has 0 aromatic rings. The zero-order chi connectivity index (χ0) is 10.6. The van der Waals surface area contributed by atoms with Gasteiger partial charge in [-0.1, -0.05) is 33.6 Å². The third-order valence-electron chi connectivity index (χ3n) is 3.28. The van der Waals surface area contributed by atoms with E-state index >= 15 is 0 Å². The smallest absolute Gasteiger partial charge is 0.00471 e. The van der Waals surface area contributed by atoms with Gasteiger partial charge in [-0.2, -0.15) is 24.4 Å². The van der Waals surface area contributed by atoms with Gasteiger partial charge in [-0.25, -0.2) is 0 Å². The SMILES string of the molecule is CC(C)(C)C(CS)CSC1CCCC1. The largest absolute Gasteiger partial charge is 0.179 e. The molecule has 0 aromatic heterocycles. The van der Waals surface area contributed by atoms with E-state index in [0.717, 1.165) is 16.9 Å². The van der Waals surface area contributed by atoms with Crippen molar-refractivity contribution in [2.45, 2.75) is 51.7 Å². The van der Waals surface area contributed by atoms with E-state index in [4.69, 9.17) is 0 Å². The molecule has 0 aliphatic heterocycles. The van der Waals surface area contributed by atoms with E-state index in [1.165, 1.54) is 31.4 Å². The lowest BCUT2D eigenvalue weighted by atomic mass is 9.83. The van der Waals surface area contributed by atoms with Crippen LogP contribution in [0.25, 0.3) is 0 Å². The monoisotopic (exact) mass is 232 g/mol. The van der Waals surface area contributed by atoms with Crippen molar-refractivity contribution < 1.29 is 0 Å². The van der Waals surface area contributed by atoms with Gasteiger partial charge in [0.25, 0.3) is 0 Å². The van der Waals surface area contributed by atoms with Crippen molar-refractivity contribution >= 4 is 24.4 Å². The van der Waals surface area contributed by atoms with Crippen LogP contribution >= 0.6 is 24.4 Å². The Hall–Kier alpha value is 0.700. The molecule has 84 valence electrons. The number of rotatable bonds is 4. The Bertz CT molecular complexity index is 154. The van der Waals surface area contributed by atoms with Gasteiger partial charge in [-0.15, -0.1) is 0 Å². The molecule has 0 radical (unpaired) electrons. The summed E-state index contributed by atoms with van der Waals surface area (Å²) in [5.41, 5.74) is 0.424. The summed E-state index contributed by atoms with van der Waals surface area (Å²) in [7, 11) is 0. The van der Waals surface area contributed by atoms with Crippen molar-refractivity contribution in [3.8, 4) is 0 Å². The highest BCUT2D eigenvalue weighted by Crippen LogP contribution is 2.35. The first kappa shape index (κ1) is 12.8. The van der Waals surface area contributed by atoms with E-state index in [2.05, 4.69) is 45.2 Å². The van der Waals surface area contributed by atoms with Gasteiger partial charge >= 0.3 is 0 Å². The van der Waals surface area contributed by atoms with Gasteiger partial charge < -0.3 is 0 Å². The Kier molecular flexibility index (Phi) is 5.19. The minimum absolute atomic E-state index is 0.424. The van der Waals surface area contributed by atoms with Crippen molar-refractivity contribution in [2.24, 2.45) is 11.3 Å². The first-order valence-electron chi connectivity index (χ1n) is 5.76. The maximum absolute atomic E-state index is 4.47. The van der Waals surface area contributed by atoms with Crippen LogP contribution in [0.5, 0.6) is 0 Å². The molecule has 0 spiro atoms. The third-order valence-corrected chi connectivity index (χ3v) is 5.26. The van der Waals surface area contributed by atoms with Crippen LogP contribution in [0.15, 0.2) is 0 Å². The summed E-state index contributed by atoms with van der Waals surface area (Å²) in [6.07, 6.45) is 5.82. The Morgan fingerprint density at radius 2 is 1.86 bits per heavy atom. The van der Waals surface area contributed by atoms with Gasteiger partial charge in [0.2, 0.25) is 0 Å². The van der Waals surface area contributed by atoms with Crippen molar-refractivity contribution in [1.29, 1.82) is 0 Å². The first-order valence-corrected chi connectivity index (χ1v) is 7.44. The topological polar surface area (TPSA) is 0 Å². The van der Waals surface area contributed by atoms with E-state index in [-0.39, 0.29) is 0 Å². The average molecular weight is 232 g/mol. The normalized spacial score (nSPS) is 21.4. The van der Waals surface area contributed by atoms with Gasteiger partial charge in [-0.3, -0.25) is 0 Å². The molecule has 1 unspecified atom stereocenters. The predicted octanol–water partition coefficient (Wildman–Crippen LogP) is 4.25. The fourth-order valence-electron chi connectivity index (χ4n) is 1.88. The lowest BCUT2D eigenvalue weighted by Crippen LogP contribution is -2.25. The third kappa shape index (κ3) is 4.06. The number of thiol groups is 1. The molecule has 1 atom stereocenters. The summed E-state index contributed by atoms with van der Waals surface area (Å²) in [5.74, 6) is 3.09. The molecule has 14 heavy (non-hydrogen) atoms. The maximum atomic E-state index is 4.47. The number of thioether (sulfide) groups is 1. The summed E-state index contributed by atoms with van der Waals surface area (Å²) in [6.45, 7) is 7.01. The molecular formula is C12H24S2. The van der Waals surface area contributed by atoms with Crippen LogP contribution in [0.4, 0.5) is 0 Å². The van der Waals surface area contributed by atoms with Crippen LogP contribution in [0.1, 0.15) is 46.5 Å². The van der Waals surface area contributed by atoms with Gasteiger partial charge in [0, 0.05) is 5.25 Å². The van der Waals surface area contributed by atoms with E-state index in [0.29, 0.717) is 5.41 Å². The zero-order valence-corrected chi connectivity index (χ0v) is 11.5. The Balaban J connectivity index is 2.26. The zero-order valence-electron chi connectivity index (χ0n) is 9.75. The van der Waals surface area contributed by atoms with Gasteiger partial charge in [0.1, 0.15) is 0 Å². The molecule has 0 heterocycles. The summed E-state index contributed by atoms with van der Waals surface area (Å²) in [4.78, 5) is 0. The molecule has 1 saturated carbocycles. The Morgan fingerprint density at radius 3 is 2.29 bits per heavy atom. The molecule has 0 amide bonds. The van der Waals surface area contributed by atoms with E-state index in [1.54, 1.807) is 0 Å². The predicted molar refractivity (Wildman–Crippen MR) is 71.5 cm³/mol. The molecule has 0 nitrogen and oxygen atoms in total. The van der Waals surface area contributed by atoms with Crippen LogP contribution in [0.2, 0.25) is 0 Å². The minimum Gasteiger partial charge on any atom is -0.179 e. The van der Waals surface area contributed by atoms with Gasteiger partial charge in [0.15, 0.2) is 0 Å². The average Bonchev–Trinajstić information content (AvgIpc) is 2.55. The van der Waals surface area contributed by atoms with Crippen molar-refractivity contribution in [2.75, 3.05) is 11.5 Å². The highest BCUT2D eigenvalue weighted by molar-refractivity contribution is 7.99. The molecule has 1 fully saturated rings. The minimum atomic E-state index is 0.424. The fourth-order valence-corrected chi connectivity index (χ4v) is 4.52. The molecule has 0 saturated heterocycles. The van der Waals surface area contributed by atoms with Crippen LogP contribution in [-0.4, -0.2) is 16.8 Å². The first-order chi connectivity index (χ1) is 6.54.